The first-order valence-corrected chi connectivity index (χ1v) is 17.1. The van der Waals surface area contributed by atoms with Crippen molar-refractivity contribution >= 4 is 38.5 Å². The Morgan fingerprint density at radius 1 is 0.583 bits per heavy atom. The molecule has 1 radical (unpaired) electrons. The summed E-state index contributed by atoms with van der Waals surface area (Å²) >= 11 is 0. The molecule has 0 fully saturated rings. The van der Waals surface area contributed by atoms with E-state index in [4.69, 9.17) is 40.3 Å². The van der Waals surface area contributed by atoms with Gasteiger partial charge in [-0.3, -0.25) is 6.79 Å². The molecule has 149 valence electrons. The van der Waals surface area contributed by atoms with Crippen molar-refractivity contribution in [2.75, 3.05) is 65.1 Å². The number of rotatable bonds is 4. The second-order valence-electron chi connectivity index (χ2n) is 5.18. The maximum absolute atomic E-state index is 7.75. The van der Waals surface area contributed by atoms with Crippen LogP contribution in [0.25, 0.3) is 0 Å². The minimum atomic E-state index is 0. The van der Waals surface area contributed by atoms with Crippen molar-refractivity contribution in [2.45, 2.75) is 0 Å². The van der Waals surface area contributed by atoms with E-state index >= 15 is 0 Å². The summed E-state index contributed by atoms with van der Waals surface area (Å²) in [6, 6.07) is 0. The number of nitrogens with zero attached hydrogens (tertiary/aromatic N) is 3. The predicted octanol–water partition coefficient (Wildman–Crippen LogP) is 3.79. The largest absolute Gasteiger partial charge is 0.545 e. The molecule has 0 aliphatic carbocycles. The molecule has 0 bridgehead atoms. The molecule has 10 heteroatoms. The molecule has 0 aliphatic heterocycles. The molecule has 0 unspecified atom stereocenters. The van der Waals surface area contributed by atoms with Crippen LogP contribution in [0.15, 0.2) is 0 Å². The molecule has 0 atom stereocenters. The molecule has 0 saturated heterocycles. The summed E-state index contributed by atoms with van der Waals surface area (Å²) in [6.45, 7) is 36.6. The predicted molar refractivity (Wildman–Crippen MR) is 112 cm³/mol. The maximum Gasteiger partial charge on any atom is 0.154 e. The molecule has 0 rings (SSSR count). The van der Waals surface area contributed by atoms with E-state index in [-0.39, 0.29) is 72.9 Å². The van der Waals surface area contributed by atoms with Gasteiger partial charge in [0.25, 0.3) is 0 Å². The first-order valence-electron chi connectivity index (χ1n) is 6.32. The minimum Gasteiger partial charge on any atom is -0.545 e. The second kappa shape index (κ2) is 56.4. The van der Waals surface area contributed by atoms with E-state index in [1.165, 1.54) is 0 Å². The standard InChI is InChI=1S/2C5H14P2.3CN.CHO.Ir.Pt/c2*1-6(2)5-7(3)4;4*1-2;;/h2*5H2,1-4H3;;;;1H;;/q;;4*-1;;/p+4. The quantitative estimate of drug-likeness (QED) is 0.248. The van der Waals surface area contributed by atoms with Crippen LogP contribution in [0.2, 0.25) is 0 Å². The molecular formula is C14H33IrN3OP4Pt. The third-order valence-electron chi connectivity index (χ3n) is 1.41. The van der Waals surface area contributed by atoms with E-state index in [9.17, 15) is 0 Å². The number of carbonyl (C=O) groups excluding carboxylic acids is 1. The Morgan fingerprint density at radius 2 is 0.667 bits per heavy atom. The molecule has 0 aliphatic rings. The van der Waals surface area contributed by atoms with Gasteiger partial charge in [-0.05, 0) is 0 Å². The maximum atomic E-state index is 7.75. The molecule has 4 nitrogen and oxygen atoms in total. The van der Waals surface area contributed by atoms with Gasteiger partial charge in [-0.1, -0.05) is 0 Å². The van der Waals surface area contributed by atoms with Crippen molar-refractivity contribution < 1.29 is 46.0 Å². The van der Waals surface area contributed by atoms with Gasteiger partial charge < -0.3 is 40.3 Å². The Morgan fingerprint density at radius 3 is 0.667 bits per heavy atom. The number of hydrogen-bond acceptors (Lipinski definition) is 4. The van der Waals surface area contributed by atoms with E-state index in [2.05, 4.69) is 60.1 Å². The molecule has 0 heterocycles. The Balaban J connectivity index is -0.0000000237. The van der Waals surface area contributed by atoms with Gasteiger partial charge in [0.05, 0.1) is 0 Å². The van der Waals surface area contributed by atoms with Gasteiger partial charge in [-0.2, -0.15) is 0 Å². The third kappa shape index (κ3) is 135. The van der Waals surface area contributed by atoms with Crippen LogP contribution in [0, 0.1) is 35.5 Å². The van der Waals surface area contributed by atoms with Crippen LogP contribution in [0.1, 0.15) is 0 Å². The molecule has 0 aromatic carbocycles. The smallest absolute Gasteiger partial charge is 0.154 e. The van der Waals surface area contributed by atoms with Crippen LogP contribution in [0.4, 0.5) is 0 Å². The van der Waals surface area contributed by atoms with Crippen LogP contribution in [0.5, 0.6) is 0 Å². The summed E-state index contributed by atoms with van der Waals surface area (Å²) in [7, 11) is 0.444. The van der Waals surface area contributed by atoms with E-state index < -0.39 is 0 Å². The molecule has 0 aromatic rings. The van der Waals surface area contributed by atoms with E-state index in [0.29, 0.717) is 0 Å². The summed E-state index contributed by atoms with van der Waals surface area (Å²) in [5.41, 5.74) is 0. The zero-order chi connectivity index (χ0) is 19.7. The van der Waals surface area contributed by atoms with Crippen molar-refractivity contribution in [3.8, 4) is 0 Å². The Bertz CT molecular complexity index is 202. The molecule has 0 amide bonds. The zero-order valence-electron chi connectivity index (χ0n) is 15.9. The SMILES string of the molecule is C[PH+](C)C[PH+](C)C.C[PH+](C)C[PH+](C)C.[C-]#N.[C-]#N.[C-]#N.[CH-]=O.[Ir].[Pt]. The normalized spacial score (nSPS) is 6.92. The van der Waals surface area contributed by atoms with E-state index in [1.54, 1.807) is 11.8 Å². The van der Waals surface area contributed by atoms with Crippen LogP contribution in [0.3, 0.4) is 0 Å². The van der Waals surface area contributed by atoms with Crippen LogP contribution >= 0.6 is 31.7 Å². The van der Waals surface area contributed by atoms with Crippen molar-refractivity contribution in [1.82, 2.24) is 0 Å². The fraction of sp³-hybridized carbons (Fsp3) is 0.714. The summed E-state index contributed by atoms with van der Waals surface area (Å²) in [4.78, 5) is 7.75. The van der Waals surface area contributed by atoms with Crippen molar-refractivity contribution in [2.24, 2.45) is 0 Å². The van der Waals surface area contributed by atoms with Crippen molar-refractivity contribution in [3.05, 3.63) is 19.7 Å². The topological polar surface area (TPSA) is 88.4 Å². The third-order valence-corrected chi connectivity index (χ3v) is 12.7. The Hall–Kier alpha value is 1.20. The Kier molecular flexibility index (Phi) is 117. The van der Waals surface area contributed by atoms with Gasteiger partial charge in [-0.15, -0.1) is 0 Å². The average molecular weight is 771 g/mol. The average Bonchev–Trinajstić information content (AvgIpc) is 2.45. The van der Waals surface area contributed by atoms with Gasteiger partial charge in [0, 0.05) is 126 Å². The van der Waals surface area contributed by atoms with Crippen molar-refractivity contribution in [1.29, 1.82) is 15.8 Å². The second-order valence-corrected chi connectivity index (χ2v) is 17.7. The summed E-state index contributed by atoms with van der Waals surface area (Å²) in [5.74, 6) is 3.13. The summed E-state index contributed by atoms with van der Waals surface area (Å²) in [6.07, 6.45) is 0. The van der Waals surface area contributed by atoms with Gasteiger partial charge in [0.15, 0.2) is 11.8 Å². The fourth-order valence-electron chi connectivity index (χ4n) is 1.41. The summed E-state index contributed by atoms with van der Waals surface area (Å²) < 4.78 is 0. The molecule has 0 N–H and O–H groups in total. The fourth-order valence-corrected chi connectivity index (χ4v) is 12.7. The van der Waals surface area contributed by atoms with Crippen LogP contribution in [-0.4, -0.2) is 71.9 Å². The zero-order valence-corrected chi connectivity index (χ0v) is 24.6. The van der Waals surface area contributed by atoms with E-state index in [0.717, 1.165) is 0 Å². The molecule has 0 spiro atoms. The minimum absolute atomic E-state index is 0. The van der Waals surface area contributed by atoms with Gasteiger partial charge in [-0.25, -0.2) is 0 Å². The molecule has 24 heavy (non-hydrogen) atoms. The van der Waals surface area contributed by atoms with Crippen LogP contribution < -0.4 is 0 Å². The number of hydrogen-bond donors (Lipinski definition) is 0. The first kappa shape index (κ1) is 49.9. The van der Waals surface area contributed by atoms with E-state index in [1.807, 2.05) is 0 Å². The molecule has 0 aromatic heterocycles. The molecule has 0 saturated carbocycles. The van der Waals surface area contributed by atoms with Crippen LogP contribution in [-0.2, 0) is 46.0 Å². The first-order chi connectivity index (χ1) is 10.3. The van der Waals surface area contributed by atoms with Gasteiger partial charge in [0.1, 0.15) is 0 Å². The van der Waals surface area contributed by atoms with Gasteiger partial charge in [0.2, 0.25) is 0 Å². The summed E-state index contributed by atoms with van der Waals surface area (Å²) in [5, 5.41) is 18.8. The molecular weight excluding hydrogens is 737 g/mol. The van der Waals surface area contributed by atoms with Gasteiger partial charge >= 0.3 is 0 Å². The monoisotopic (exact) mass is 771 g/mol. The Labute approximate surface area is 184 Å². The van der Waals surface area contributed by atoms with Crippen molar-refractivity contribution in [3.63, 3.8) is 0 Å².